The van der Waals surface area contributed by atoms with E-state index in [9.17, 15) is 0 Å². The van der Waals surface area contributed by atoms with Gasteiger partial charge in [0.1, 0.15) is 0 Å². The molecule has 0 fully saturated rings. The molecule has 0 amide bonds. The van der Waals surface area contributed by atoms with Crippen LogP contribution in [0.4, 0.5) is 34.1 Å². The van der Waals surface area contributed by atoms with Gasteiger partial charge in [0.2, 0.25) is 0 Å². The molecule has 0 saturated heterocycles. The van der Waals surface area contributed by atoms with E-state index in [0.29, 0.717) is 0 Å². The Kier molecular flexibility index (Phi) is 8.77. The highest BCUT2D eigenvalue weighted by Gasteiger charge is 2.38. The lowest BCUT2D eigenvalue weighted by Gasteiger charge is -2.28. The third kappa shape index (κ3) is 6.16. The highest BCUT2D eigenvalue weighted by molar-refractivity contribution is 5.90. The van der Waals surface area contributed by atoms with Gasteiger partial charge in [0.05, 0.1) is 0 Å². The standard InChI is InChI=1S/C58H52N2/c1-37-9-19-43(20-10-37)59(44-21-11-38(2)12-22-44)47-27-31-51-49-29-17-41(33-53(49)57(5,6)55(51)35-47)42-18-30-50-52-32-28-48(36-56(52)58(7,8)54(50)34-42)60(45-23-13-39(3)14-24-45)46-25-15-40(4)16-26-46/h9-36H,1-8H3. The molecule has 0 saturated carbocycles. The Morgan fingerprint density at radius 2 is 0.500 bits per heavy atom. The van der Waals surface area contributed by atoms with Gasteiger partial charge in [-0.05, 0) is 168 Å². The third-order valence-electron chi connectivity index (χ3n) is 13.3. The van der Waals surface area contributed by atoms with E-state index >= 15 is 0 Å². The van der Waals surface area contributed by atoms with Crippen LogP contribution in [0.25, 0.3) is 33.4 Å². The normalized spacial score (nSPS) is 13.9. The van der Waals surface area contributed by atoms with Crippen molar-refractivity contribution in [2.24, 2.45) is 0 Å². The highest BCUT2D eigenvalue weighted by atomic mass is 15.1. The van der Waals surface area contributed by atoms with Crippen molar-refractivity contribution in [3.63, 3.8) is 0 Å². The van der Waals surface area contributed by atoms with Gasteiger partial charge in [-0.25, -0.2) is 0 Å². The van der Waals surface area contributed by atoms with Crippen LogP contribution in [0.2, 0.25) is 0 Å². The Morgan fingerprint density at radius 3 is 0.783 bits per heavy atom. The van der Waals surface area contributed by atoms with Gasteiger partial charge in [0.25, 0.3) is 0 Å². The first-order valence-corrected chi connectivity index (χ1v) is 21.3. The molecule has 0 heterocycles. The van der Waals surface area contributed by atoms with Gasteiger partial charge in [0, 0.05) is 45.0 Å². The van der Waals surface area contributed by atoms with Crippen LogP contribution < -0.4 is 9.80 Å². The second-order valence-corrected chi connectivity index (χ2v) is 18.2. The summed E-state index contributed by atoms with van der Waals surface area (Å²) in [7, 11) is 0. The van der Waals surface area contributed by atoms with Crippen LogP contribution in [0.5, 0.6) is 0 Å². The summed E-state index contributed by atoms with van der Waals surface area (Å²) in [5.74, 6) is 0. The predicted octanol–water partition coefficient (Wildman–Crippen LogP) is 16.1. The van der Waals surface area contributed by atoms with Gasteiger partial charge in [-0.3, -0.25) is 0 Å². The number of benzene rings is 8. The quantitative estimate of drug-likeness (QED) is 0.159. The molecule has 0 atom stereocenters. The van der Waals surface area contributed by atoms with Crippen LogP contribution in [0.15, 0.2) is 170 Å². The smallest absolute Gasteiger partial charge is 0.0465 e. The van der Waals surface area contributed by atoms with Crippen molar-refractivity contribution in [1.29, 1.82) is 0 Å². The zero-order chi connectivity index (χ0) is 41.5. The molecule has 2 aliphatic carbocycles. The zero-order valence-electron chi connectivity index (χ0n) is 36.1. The van der Waals surface area contributed by atoms with Gasteiger partial charge >= 0.3 is 0 Å². The van der Waals surface area contributed by atoms with Gasteiger partial charge < -0.3 is 9.80 Å². The molecule has 2 aliphatic rings. The lowest BCUT2D eigenvalue weighted by Crippen LogP contribution is -2.17. The van der Waals surface area contributed by atoms with Gasteiger partial charge in [0.15, 0.2) is 0 Å². The van der Waals surface area contributed by atoms with E-state index in [4.69, 9.17) is 0 Å². The van der Waals surface area contributed by atoms with Crippen LogP contribution >= 0.6 is 0 Å². The fourth-order valence-corrected chi connectivity index (χ4v) is 9.76. The number of aryl methyl sites for hydroxylation is 4. The summed E-state index contributed by atoms with van der Waals surface area (Å²) in [6.07, 6.45) is 0. The van der Waals surface area contributed by atoms with Gasteiger partial charge in [-0.2, -0.15) is 0 Å². The summed E-state index contributed by atoms with van der Waals surface area (Å²) in [5.41, 5.74) is 25.0. The fourth-order valence-electron chi connectivity index (χ4n) is 9.76. The first kappa shape index (κ1) is 37.6. The van der Waals surface area contributed by atoms with Gasteiger partial charge in [-0.1, -0.05) is 135 Å². The second-order valence-electron chi connectivity index (χ2n) is 18.2. The Hall–Kier alpha value is -6.64. The fraction of sp³-hybridized carbons (Fsp3) is 0.172. The summed E-state index contributed by atoms with van der Waals surface area (Å²) >= 11 is 0. The van der Waals surface area contributed by atoms with E-state index in [1.54, 1.807) is 0 Å². The maximum atomic E-state index is 2.46. The average molecular weight is 777 g/mol. The molecule has 2 nitrogen and oxygen atoms in total. The molecule has 2 heteroatoms. The van der Waals surface area contributed by atoms with Crippen molar-refractivity contribution in [3.05, 3.63) is 214 Å². The van der Waals surface area contributed by atoms with E-state index in [-0.39, 0.29) is 10.8 Å². The number of anilines is 6. The van der Waals surface area contributed by atoms with E-state index in [2.05, 4.69) is 235 Å². The minimum absolute atomic E-state index is 0.174. The molecule has 0 bridgehead atoms. The molecule has 0 spiro atoms. The molecule has 0 radical (unpaired) electrons. The predicted molar refractivity (Wildman–Crippen MR) is 255 cm³/mol. The molecule has 8 aromatic carbocycles. The maximum Gasteiger partial charge on any atom is 0.0465 e. The van der Waals surface area contributed by atoms with E-state index in [0.717, 1.165) is 22.7 Å². The topological polar surface area (TPSA) is 6.48 Å². The van der Waals surface area contributed by atoms with Crippen LogP contribution in [0.1, 0.15) is 72.2 Å². The molecular formula is C58H52N2. The minimum atomic E-state index is -0.174. The summed E-state index contributed by atoms with van der Waals surface area (Å²) < 4.78 is 0. The summed E-state index contributed by atoms with van der Waals surface area (Å²) in [5, 5.41) is 0. The lowest BCUT2D eigenvalue weighted by atomic mass is 9.80. The van der Waals surface area contributed by atoms with Crippen molar-refractivity contribution >= 4 is 34.1 Å². The molecule has 0 aliphatic heterocycles. The van der Waals surface area contributed by atoms with Crippen molar-refractivity contribution in [2.75, 3.05) is 9.80 Å². The summed E-state index contributed by atoms with van der Waals surface area (Å²) in [4.78, 5) is 4.78. The van der Waals surface area contributed by atoms with Crippen molar-refractivity contribution in [2.45, 2.75) is 66.2 Å². The number of hydrogen-bond donors (Lipinski definition) is 0. The Bertz CT molecular complexity index is 2640. The zero-order valence-corrected chi connectivity index (χ0v) is 36.1. The monoisotopic (exact) mass is 776 g/mol. The largest absolute Gasteiger partial charge is 0.310 e. The SMILES string of the molecule is Cc1ccc(N(c2ccc(C)cc2)c2ccc3c(c2)C(C)(C)c2cc(-c4ccc5c(c4)C(C)(C)c4cc(N(c6ccc(C)cc6)c6ccc(C)cc6)ccc4-5)ccc2-3)cc1. The molecule has 8 aromatic rings. The van der Waals surface area contributed by atoms with E-state index in [1.807, 2.05) is 0 Å². The third-order valence-corrected chi connectivity index (χ3v) is 13.3. The number of nitrogens with zero attached hydrogens (tertiary/aromatic N) is 2. The number of rotatable bonds is 7. The Labute approximate surface area is 356 Å². The molecule has 0 aromatic heterocycles. The molecule has 294 valence electrons. The van der Waals surface area contributed by atoms with Gasteiger partial charge in [-0.15, -0.1) is 0 Å². The Morgan fingerprint density at radius 1 is 0.267 bits per heavy atom. The maximum absolute atomic E-state index is 2.46. The second kappa shape index (κ2) is 14.0. The van der Waals surface area contributed by atoms with Crippen LogP contribution in [0, 0.1) is 27.7 Å². The number of fused-ring (bicyclic) bond motifs is 6. The van der Waals surface area contributed by atoms with Crippen molar-refractivity contribution in [3.8, 4) is 33.4 Å². The Balaban J connectivity index is 0.997. The first-order chi connectivity index (χ1) is 28.9. The lowest BCUT2D eigenvalue weighted by molar-refractivity contribution is 0.659. The van der Waals surface area contributed by atoms with Crippen LogP contribution in [-0.2, 0) is 10.8 Å². The van der Waals surface area contributed by atoms with Crippen molar-refractivity contribution < 1.29 is 0 Å². The molecular weight excluding hydrogens is 725 g/mol. The van der Waals surface area contributed by atoms with E-state index < -0.39 is 0 Å². The number of hydrogen-bond acceptors (Lipinski definition) is 2. The van der Waals surface area contributed by atoms with Crippen molar-refractivity contribution in [1.82, 2.24) is 0 Å². The average Bonchev–Trinajstić information content (AvgIpc) is 3.62. The first-order valence-electron chi connectivity index (χ1n) is 21.3. The van der Waals surface area contributed by atoms with Crippen LogP contribution in [0.3, 0.4) is 0 Å². The summed E-state index contributed by atoms with van der Waals surface area (Å²) in [6, 6.07) is 63.9. The summed E-state index contributed by atoms with van der Waals surface area (Å²) in [6.45, 7) is 18.2. The molecule has 0 unspecified atom stereocenters. The van der Waals surface area contributed by atoms with E-state index in [1.165, 1.54) is 89.3 Å². The molecule has 0 N–H and O–H groups in total. The highest BCUT2D eigenvalue weighted by Crippen LogP contribution is 2.54. The minimum Gasteiger partial charge on any atom is -0.310 e. The molecule has 60 heavy (non-hydrogen) atoms. The van der Waals surface area contributed by atoms with Crippen LogP contribution in [-0.4, -0.2) is 0 Å². The molecule has 10 rings (SSSR count).